The van der Waals surface area contributed by atoms with Crippen molar-refractivity contribution in [3.63, 3.8) is 0 Å². The molecule has 10 rings (SSSR count). The van der Waals surface area contributed by atoms with Gasteiger partial charge in [0.2, 0.25) is 0 Å². The third-order valence-corrected chi connectivity index (χ3v) is 10.7. The van der Waals surface area contributed by atoms with E-state index in [9.17, 15) is 0 Å². The molecule has 0 atom stereocenters. The molecule has 0 unspecified atom stereocenters. The lowest BCUT2D eigenvalue weighted by molar-refractivity contribution is 0.661. The lowest BCUT2D eigenvalue weighted by Gasteiger charge is -2.21. The summed E-state index contributed by atoms with van der Waals surface area (Å²) in [6.07, 6.45) is 7.33. The molecule has 0 N–H and O–H groups in total. The maximum absolute atomic E-state index is 5.12. The Balaban J connectivity index is 1.13. The second kappa shape index (κ2) is 12.1. The molecule has 9 aromatic rings. The summed E-state index contributed by atoms with van der Waals surface area (Å²) in [5.74, 6) is 1.84. The lowest BCUT2D eigenvalue weighted by Crippen LogP contribution is -2.14. The minimum atomic E-state index is -0.0396. The number of hydrogen-bond donors (Lipinski definition) is 0. The number of nitrogens with zero attached hydrogens (tertiary/aromatic N) is 5. The topological polar surface area (TPSA) is 64.5 Å². The van der Waals surface area contributed by atoms with Gasteiger partial charge in [0.05, 0.1) is 0 Å². The number of aromatic nitrogens is 5. The van der Waals surface area contributed by atoms with Crippen LogP contribution in [0, 0.1) is 0 Å². The first kappa shape index (κ1) is 30.9. The van der Waals surface area contributed by atoms with Crippen LogP contribution in [-0.2, 0) is 5.41 Å². The zero-order chi connectivity index (χ0) is 35.5. The van der Waals surface area contributed by atoms with Gasteiger partial charge in [0.1, 0.15) is 0 Å². The van der Waals surface area contributed by atoms with Gasteiger partial charge in [-0.1, -0.05) is 111 Å². The molecular weight excluding hydrogens is 647 g/mol. The fourth-order valence-electron chi connectivity index (χ4n) is 7.91. The second-order valence-electron chi connectivity index (χ2n) is 14.2. The fraction of sp³-hybridized carbons (Fsp3) is 0.0625. The molecule has 0 fully saturated rings. The van der Waals surface area contributed by atoms with Crippen LogP contribution in [-0.4, -0.2) is 24.9 Å². The third-order valence-electron chi connectivity index (χ3n) is 10.7. The zero-order valence-corrected chi connectivity index (χ0v) is 29.3. The average molecular weight is 680 g/mol. The normalized spacial score (nSPS) is 12.9. The van der Waals surface area contributed by atoms with Crippen LogP contribution in [0.2, 0.25) is 0 Å². The van der Waals surface area contributed by atoms with Crippen LogP contribution in [0.15, 0.2) is 164 Å². The van der Waals surface area contributed by atoms with Gasteiger partial charge >= 0.3 is 0 Å². The Bertz CT molecular complexity index is 2760. The van der Waals surface area contributed by atoms with E-state index >= 15 is 0 Å². The van der Waals surface area contributed by atoms with Crippen molar-refractivity contribution in [1.29, 1.82) is 0 Å². The quantitative estimate of drug-likeness (QED) is 0.169. The lowest BCUT2D eigenvalue weighted by atomic mass is 9.81. The van der Waals surface area contributed by atoms with Gasteiger partial charge in [-0.2, -0.15) is 0 Å². The maximum Gasteiger partial charge on any atom is 0.164 e. The van der Waals surface area contributed by atoms with Crippen LogP contribution in [0.25, 0.3) is 89.1 Å². The Labute approximate surface area is 307 Å². The van der Waals surface area contributed by atoms with Crippen molar-refractivity contribution in [2.45, 2.75) is 19.3 Å². The molecule has 250 valence electrons. The Hall–Kier alpha value is -6.85. The van der Waals surface area contributed by atoms with Crippen molar-refractivity contribution in [2.75, 3.05) is 0 Å². The standard InChI is InChI=1S/C48H33N5/c1-48(2)43-16-4-3-15-40(43)42-27-41-33(26-44(42)48)18-17-32-25-36(19-20-39(32)41)47-52-45(34-11-5-9-30(23-34)37-13-7-21-49-28-37)51-46(53-47)35-12-6-10-31(24-35)38-14-8-22-50-29-38/h3-29H,1-2H3. The molecule has 5 heteroatoms. The van der Waals surface area contributed by atoms with E-state index in [-0.39, 0.29) is 5.41 Å². The second-order valence-corrected chi connectivity index (χ2v) is 14.2. The van der Waals surface area contributed by atoms with Crippen LogP contribution in [0.5, 0.6) is 0 Å². The Kier molecular flexibility index (Phi) is 7.08. The summed E-state index contributed by atoms with van der Waals surface area (Å²) in [4.78, 5) is 24.0. The van der Waals surface area contributed by atoms with Crippen molar-refractivity contribution in [2.24, 2.45) is 0 Å². The molecule has 0 bridgehead atoms. The predicted molar refractivity (Wildman–Crippen MR) is 215 cm³/mol. The first-order chi connectivity index (χ1) is 26.0. The predicted octanol–water partition coefficient (Wildman–Crippen LogP) is 11.6. The van der Waals surface area contributed by atoms with E-state index in [1.807, 2.05) is 36.7 Å². The molecule has 0 saturated carbocycles. The fourth-order valence-corrected chi connectivity index (χ4v) is 7.91. The molecule has 3 heterocycles. The van der Waals surface area contributed by atoms with Crippen LogP contribution in [0.3, 0.4) is 0 Å². The van der Waals surface area contributed by atoms with Crippen LogP contribution >= 0.6 is 0 Å². The Morgan fingerprint density at radius 2 is 0.925 bits per heavy atom. The van der Waals surface area contributed by atoms with E-state index in [2.05, 4.69) is 139 Å². The van der Waals surface area contributed by atoms with E-state index in [4.69, 9.17) is 15.0 Å². The Morgan fingerprint density at radius 1 is 0.377 bits per heavy atom. The first-order valence-electron chi connectivity index (χ1n) is 17.9. The van der Waals surface area contributed by atoms with Gasteiger partial charge in [-0.25, -0.2) is 15.0 Å². The molecular formula is C48H33N5. The number of rotatable bonds is 5. The van der Waals surface area contributed by atoms with Crippen molar-refractivity contribution < 1.29 is 0 Å². The maximum atomic E-state index is 5.12. The molecule has 0 amide bonds. The highest BCUT2D eigenvalue weighted by Crippen LogP contribution is 2.50. The molecule has 0 saturated heterocycles. The van der Waals surface area contributed by atoms with Gasteiger partial charge in [0.15, 0.2) is 17.5 Å². The molecule has 5 nitrogen and oxygen atoms in total. The van der Waals surface area contributed by atoms with Gasteiger partial charge in [0.25, 0.3) is 0 Å². The van der Waals surface area contributed by atoms with Gasteiger partial charge in [-0.3, -0.25) is 9.97 Å². The van der Waals surface area contributed by atoms with Crippen molar-refractivity contribution in [3.8, 4) is 67.5 Å². The highest BCUT2D eigenvalue weighted by molar-refractivity contribution is 6.10. The summed E-state index contributed by atoms with van der Waals surface area (Å²) in [7, 11) is 0. The van der Waals surface area contributed by atoms with Crippen molar-refractivity contribution in [3.05, 3.63) is 175 Å². The van der Waals surface area contributed by atoms with Crippen molar-refractivity contribution in [1.82, 2.24) is 24.9 Å². The first-order valence-corrected chi connectivity index (χ1v) is 17.9. The molecule has 6 aromatic carbocycles. The molecule has 1 aliphatic rings. The summed E-state index contributed by atoms with van der Waals surface area (Å²) in [6.45, 7) is 4.66. The summed E-state index contributed by atoms with van der Waals surface area (Å²) in [5, 5.41) is 4.84. The average Bonchev–Trinajstić information content (AvgIpc) is 3.45. The summed E-state index contributed by atoms with van der Waals surface area (Å²) >= 11 is 0. The SMILES string of the molecule is CC1(C)c2ccccc2-c2cc3c(ccc4cc(-c5nc(-c6cccc(-c7cccnc7)c6)nc(-c6cccc(-c7cccnc7)c6)n5)ccc43)cc21. The van der Waals surface area contributed by atoms with E-state index in [0.717, 1.165) is 44.3 Å². The van der Waals surface area contributed by atoms with E-state index in [1.165, 1.54) is 38.4 Å². The van der Waals surface area contributed by atoms with Crippen LogP contribution in [0.4, 0.5) is 0 Å². The third kappa shape index (κ3) is 5.28. The van der Waals surface area contributed by atoms with Gasteiger partial charge in [-0.05, 0) is 97.4 Å². The van der Waals surface area contributed by atoms with Gasteiger partial charge in [0, 0.05) is 58.0 Å². The highest BCUT2D eigenvalue weighted by Gasteiger charge is 2.35. The minimum absolute atomic E-state index is 0.0396. The highest BCUT2D eigenvalue weighted by atomic mass is 15.0. The summed E-state index contributed by atoms with van der Waals surface area (Å²) in [6, 6.07) is 49.3. The van der Waals surface area contributed by atoms with Crippen LogP contribution in [0.1, 0.15) is 25.0 Å². The van der Waals surface area contributed by atoms with Crippen LogP contribution < -0.4 is 0 Å². The molecule has 0 spiro atoms. The summed E-state index contributed by atoms with van der Waals surface area (Å²) in [5.41, 5.74) is 12.3. The van der Waals surface area contributed by atoms with Crippen molar-refractivity contribution >= 4 is 21.5 Å². The zero-order valence-electron chi connectivity index (χ0n) is 29.3. The number of fused-ring (bicyclic) bond motifs is 6. The number of benzene rings is 6. The number of pyridine rings is 2. The van der Waals surface area contributed by atoms with E-state index in [0.29, 0.717) is 17.5 Å². The molecule has 3 aromatic heterocycles. The van der Waals surface area contributed by atoms with E-state index < -0.39 is 0 Å². The molecule has 0 aliphatic heterocycles. The van der Waals surface area contributed by atoms with Gasteiger partial charge in [-0.15, -0.1) is 0 Å². The molecule has 1 aliphatic carbocycles. The number of hydrogen-bond acceptors (Lipinski definition) is 5. The smallest absolute Gasteiger partial charge is 0.164 e. The molecule has 53 heavy (non-hydrogen) atoms. The molecule has 0 radical (unpaired) electrons. The Morgan fingerprint density at radius 3 is 1.53 bits per heavy atom. The largest absolute Gasteiger partial charge is 0.264 e. The monoisotopic (exact) mass is 679 g/mol. The van der Waals surface area contributed by atoms with Gasteiger partial charge < -0.3 is 0 Å². The minimum Gasteiger partial charge on any atom is -0.264 e. The summed E-state index contributed by atoms with van der Waals surface area (Å²) < 4.78 is 0. The van der Waals surface area contributed by atoms with E-state index in [1.54, 1.807) is 12.4 Å².